The maximum Gasteiger partial charge on any atom is 0.319 e. The standard InChI is InChI=1S/C17H20N2O/c1-12-7-9-15(10-8-12)11-18-17(20)19-16-13(2)5-4-6-14(16)3/h4-10H,11H2,1-3H3,(H2,18,19,20). The first-order valence-corrected chi connectivity index (χ1v) is 6.73. The average Bonchev–Trinajstić information content (AvgIpc) is 2.42. The number of hydrogen-bond donors (Lipinski definition) is 2. The molecule has 0 spiro atoms. The molecule has 0 atom stereocenters. The number of carbonyl (C=O) groups excluding carboxylic acids is 1. The minimum Gasteiger partial charge on any atom is -0.334 e. The van der Waals surface area contributed by atoms with E-state index in [0.29, 0.717) is 6.54 Å². The quantitative estimate of drug-likeness (QED) is 0.870. The van der Waals surface area contributed by atoms with E-state index in [9.17, 15) is 4.79 Å². The smallest absolute Gasteiger partial charge is 0.319 e. The Morgan fingerprint density at radius 1 is 0.950 bits per heavy atom. The van der Waals surface area contributed by atoms with E-state index in [1.54, 1.807) is 0 Å². The van der Waals surface area contributed by atoms with Gasteiger partial charge in [-0.05, 0) is 37.5 Å². The van der Waals surface area contributed by atoms with Crippen molar-refractivity contribution in [2.45, 2.75) is 27.3 Å². The predicted molar refractivity (Wildman–Crippen MR) is 83.0 cm³/mol. The fourth-order valence-electron chi connectivity index (χ4n) is 2.06. The van der Waals surface area contributed by atoms with Gasteiger partial charge in [0.2, 0.25) is 0 Å². The van der Waals surface area contributed by atoms with E-state index in [2.05, 4.69) is 10.6 Å². The van der Waals surface area contributed by atoms with Gasteiger partial charge < -0.3 is 10.6 Å². The van der Waals surface area contributed by atoms with Crippen LogP contribution in [0.1, 0.15) is 22.3 Å². The summed E-state index contributed by atoms with van der Waals surface area (Å²) in [6.45, 7) is 6.55. The second kappa shape index (κ2) is 6.24. The van der Waals surface area contributed by atoms with Crippen molar-refractivity contribution < 1.29 is 4.79 Å². The zero-order chi connectivity index (χ0) is 14.5. The van der Waals surface area contributed by atoms with Crippen LogP contribution in [0.4, 0.5) is 10.5 Å². The summed E-state index contributed by atoms with van der Waals surface area (Å²) in [4.78, 5) is 11.9. The maximum atomic E-state index is 11.9. The Labute approximate surface area is 120 Å². The normalized spacial score (nSPS) is 10.2. The van der Waals surface area contributed by atoms with Gasteiger partial charge in [0.05, 0.1) is 0 Å². The summed E-state index contributed by atoms with van der Waals surface area (Å²) in [5.41, 5.74) is 5.32. The molecule has 0 aliphatic heterocycles. The molecule has 104 valence electrons. The molecule has 2 aromatic rings. The molecule has 2 rings (SSSR count). The van der Waals surface area contributed by atoms with Gasteiger partial charge in [0, 0.05) is 12.2 Å². The van der Waals surface area contributed by atoms with Crippen LogP contribution in [-0.2, 0) is 6.54 Å². The van der Waals surface area contributed by atoms with E-state index in [1.165, 1.54) is 5.56 Å². The first kappa shape index (κ1) is 14.1. The van der Waals surface area contributed by atoms with Gasteiger partial charge in [0.25, 0.3) is 0 Å². The fourth-order valence-corrected chi connectivity index (χ4v) is 2.06. The molecule has 2 aromatic carbocycles. The summed E-state index contributed by atoms with van der Waals surface area (Å²) >= 11 is 0. The number of amides is 2. The molecule has 0 fully saturated rings. The number of benzene rings is 2. The molecular formula is C17H20N2O. The van der Waals surface area contributed by atoms with Gasteiger partial charge in [-0.3, -0.25) is 0 Å². The van der Waals surface area contributed by atoms with Crippen LogP contribution >= 0.6 is 0 Å². The average molecular weight is 268 g/mol. The largest absolute Gasteiger partial charge is 0.334 e. The van der Waals surface area contributed by atoms with Crippen LogP contribution in [-0.4, -0.2) is 6.03 Å². The van der Waals surface area contributed by atoms with Crippen molar-refractivity contribution in [3.05, 3.63) is 64.7 Å². The molecule has 2 amide bonds. The molecule has 0 aliphatic rings. The minimum atomic E-state index is -0.178. The van der Waals surface area contributed by atoms with Crippen LogP contribution in [0.15, 0.2) is 42.5 Å². The summed E-state index contributed by atoms with van der Waals surface area (Å²) in [6, 6.07) is 13.9. The Morgan fingerprint density at radius 2 is 1.55 bits per heavy atom. The molecule has 0 saturated carbocycles. The van der Waals surface area contributed by atoms with Crippen molar-refractivity contribution in [2.75, 3.05) is 5.32 Å². The highest BCUT2D eigenvalue weighted by Gasteiger charge is 2.06. The monoisotopic (exact) mass is 268 g/mol. The molecule has 0 aliphatic carbocycles. The van der Waals surface area contributed by atoms with Gasteiger partial charge in [-0.25, -0.2) is 4.79 Å². The number of anilines is 1. The topological polar surface area (TPSA) is 41.1 Å². The van der Waals surface area contributed by atoms with E-state index in [-0.39, 0.29) is 6.03 Å². The molecule has 3 nitrogen and oxygen atoms in total. The van der Waals surface area contributed by atoms with Crippen molar-refractivity contribution in [1.82, 2.24) is 5.32 Å². The summed E-state index contributed by atoms with van der Waals surface area (Å²) in [7, 11) is 0. The van der Waals surface area contributed by atoms with E-state index >= 15 is 0 Å². The molecule has 0 radical (unpaired) electrons. The predicted octanol–water partition coefficient (Wildman–Crippen LogP) is 3.93. The van der Waals surface area contributed by atoms with Crippen LogP contribution in [0.3, 0.4) is 0 Å². The SMILES string of the molecule is Cc1ccc(CNC(=O)Nc2c(C)cccc2C)cc1. The fraction of sp³-hybridized carbons (Fsp3) is 0.235. The van der Waals surface area contributed by atoms with Crippen LogP contribution in [0.5, 0.6) is 0 Å². The lowest BCUT2D eigenvalue weighted by Crippen LogP contribution is -2.28. The highest BCUT2D eigenvalue weighted by atomic mass is 16.2. The lowest BCUT2D eigenvalue weighted by Gasteiger charge is -2.12. The minimum absolute atomic E-state index is 0.178. The Balaban J connectivity index is 1.94. The summed E-state index contributed by atoms with van der Waals surface area (Å²) in [5.74, 6) is 0. The van der Waals surface area contributed by atoms with Crippen molar-refractivity contribution in [3.63, 3.8) is 0 Å². The van der Waals surface area contributed by atoms with Crippen LogP contribution in [0.2, 0.25) is 0 Å². The number of aryl methyl sites for hydroxylation is 3. The Kier molecular flexibility index (Phi) is 4.41. The molecule has 0 bridgehead atoms. The number of para-hydroxylation sites is 1. The first-order valence-electron chi connectivity index (χ1n) is 6.73. The van der Waals surface area contributed by atoms with E-state index in [1.807, 2.05) is 63.2 Å². The molecule has 0 saturated heterocycles. The molecule has 0 aromatic heterocycles. The van der Waals surface area contributed by atoms with Crippen molar-refractivity contribution in [2.24, 2.45) is 0 Å². The van der Waals surface area contributed by atoms with Crippen LogP contribution in [0, 0.1) is 20.8 Å². The lowest BCUT2D eigenvalue weighted by atomic mass is 10.1. The third kappa shape index (κ3) is 3.60. The molecule has 0 unspecified atom stereocenters. The number of nitrogens with one attached hydrogen (secondary N) is 2. The molecule has 20 heavy (non-hydrogen) atoms. The molecule has 3 heteroatoms. The Hall–Kier alpha value is -2.29. The molecule has 0 heterocycles. The number of urea groups is 1. The van der Waals surface area contributed by atoms with Gasteiger partial charge in [-0.2, -0.15) is 0 Å². The van der Waals surface area contributed by atoms with Crippen molar-refractivity contribution >= 4 is 11.7 Å². The van der Waals surface area contributed by atoms with Gasteiger partial charge in [-0.15, -0.1) is 0 Å². The Bertz CT molecular complexity index is 583. The third-order valence-corrected chi connectivity index (χ3v) is 3.29. The van der Waals surface area contributed by atoms with Gasteiger partial charge in [0.15, 0.2) is 0 Å². The highest BCUT2D eigenvalue weighted by molar-refractivity contribution is 5.90. The van der Waals surface area contributed by atoms with Gasteiger partial charge in [-0.1, -0.05) is 48.0 Å². The second-order valence-electron chi connectivity index (χ2n) is 5.06. The zero-order valence-corrected chi connectivity index (χ0v) is 12.2. The molecular weight excluding hydrogens is 248 g/mol. The number of rotatable bonds is 3. The summed E-state index contributed by atoms with van der Waals surface area (Å²) < 4.78 is 0. The van der Waals surface area contributed by atoms with Crippen LogP contribution in [0.25, 0.3) is 0 Å². The van der Waals surface area contributed by atoms with Crippen LogP contribution < -0.4 is 10.6 Å². The van der Waals surface area contributed by atoms with E-state index < -0.39 is 0 Å². The van der Waals surface area contributed by atoms with Gasteiger partial charge >= 0.3 is 6.03 Å². The summed E-state index contributed by atoms with van der Waals surface area (Å²) in [5, 5.41) is 5.78. The van der Waals surface area contributed by atoms with Crippen molar-refractivity contribution in [1.29, 1.82) is 0 Å². The summed E-state index contributed by atoms with van der Waals surface area (Å²) in [6.07, 6.45) is 0. The second-order valence-corrected chi connectivity index (χ2v) is 5.06. The zero-order valence-electron chi connectivity index (χ0n) is 12.2. The molecule has 2 N–H and O–H groups in total. The number of carbonyl (C=O) groups is 1. The first-order chi connectivity index (χ1) is 9.56. The van der Waals surface area contributed by atoms with E-state index in [4.69, 9.17) is 0 Å². The van der Waals surface area contributed by atoms with Crippen molar-refractivity contribution in [3.8, 4) is 0 Å². The van der Waals surface area contributed by atoms with E-state index in [0.717, 1.165) is 22.4 Å². The van der Waals surface area contributed by atoms with Gasteiger partial charge in [0.1, 0.15) is 0 Å². The Morgan fingerprint density at radius 3 is 2.15 bits per heavy atom. The lowest BCUT2D eigenvalue weighted by molar-refractivity contribution is 0.251. The number of hydrogen-bond acceptors (Lipinski definition) is 1. The third-order valence-electron chi connectivity index (χ3n) is 3.29. The maximum absolute atomic E-state index is 11.9. The highest BCUT2D eigenvalue weighted by Crippen LogP contribution is 2.19.